The van der Waals surface area contributed by atoms with Gasteiger partial charge in [-0.15, -0.1) is 0 Å². The maximum Gasteiger partial charge on any atom is 0.266 e. The van der Waals surface area contributed by atoms with E-state index in [1.165, 1.54) is 6.07 Å². The van der Waals surface area contributed by atoms with E-state index in [1.807, 2.05) is 0 Å². The van der Waals surface area contributed by atoms with Crippen LogP contribution in [0.5, 0.6) is 0 Å². The zero-order valence-electron chi connectivity index (χ0n) is 6.10. The van der Waals surface area contributed by atoms with Crippen LogP contribution in [0.2, 0.25) is 0 Å². The first kappa shape index (κ1) is 10.7. The lowest BCUT2D eigenvalue weighted by atomic mass is 10.2. The molecule has 1 rings (SSSR count). The summed E-state index contributed by atoms with van der Waals surface area (Å²) in [6.07, 6.45) is -2.12. The van der Waals surface area contributed by atoms with Crippen molar-refractivity contribution in [3.63, 3.8) is 0 Å². The molecule has 0 unspecified atom stereocenters. The second-order valence-corrected chi connectivity index (χ2v) is 3.76. The van der Waals surface area contributed by atoms with Crippen LogP contribution >= 0.6 is 31.9 Å². The summed E-state index contributed by atoms with van der Waals surface area (Å²) in [6.45, 7) is 0. The number of hydrogen-bond donors (Lipinski definition) is 0. The predicted molar refractivity (Wildman–Crippen MR) is 50.0 cm³/mol. The fourth-order valence-corrected chi connectivity index (χ4v) is 1.64. The van der Waals surface area contributed by atoms with Gasteiger partial charge in [0.15, 0.2) is 6.29 Å². The minimum absolute atomic E-state index is 0.00667. The largest absolute Gasteiger partial charge is 0.296 e. The van der Waals surface area contributed by atoms with E-state index >= 15 is 0 Å². The molecule has 0 atom stereocenters. The normalized spacial score (nSPS) is 10.5. The molecule has 0 aliphatic heterocycles. The Labute approximate surface area is 89.6 Å². The summed E-state index contributed by atoms with van der Waals surface area (Å²) in [4.78, 5) is 14.0. The molecule has 13 heavy (non-hydrogen) atoms. The van der Waals surface area contributed by atoms with Gasteiger partial charge in [0, 0.05) is 4.47 Å². The van der Waals surface area contributed by atoms with Crippen molar-refractivity contribution in [3.05, 3.63) is 26.4 Å². The van der Waals surface area contributed by atoms with Gasteiger partial charge in [0.05, 0.1) is 5.56 Å². The Morgan fingerprint density at radius 1 is 1.46 bits per heavy atom. The molecule has 1 heterocycles. The van der Waals surface area contributed by atoms with Crippen LogP contribution in [-0.4, -0.2) is 11.3 Å². The zero-order valence-corrected chi connectivity index (χ0v) is 9.27. The predicted octanol–water partition coefficient (Wildman–Crippen LogP) is 3.36. The molecule has 0 spiro atoms. The van der Waals surface area contributed by atoms with E-state index in [0.717, 1.165) is 0 Å². The monoisotopic (exact) mass is 313 g/mol. The second-order valence-electron chi connectivity index (χ2n) is 2.15. The molecule has 1 aromatic rings. The van der Waals surface area contributed by atoms with Gasteiger partial charge < -0.3 is 0 Å². The van der Waals surface area contributed by atoms with E-state index in [0.29, 0.717) is 6.29 Å². The Morgan fingerprint density at radius 2 is 2.08 bits per heavy atom. The first-order valence-corrected chi connectivity index (χ1v) is 4.74. The summed E-state index contributed by atoms with van der Waals surface area (Å²) in [5.74, 6) is 0. The van der Waals surface area contributed by atoms with E-state index in [2.05, 4.69) is 36.8 Å². The van der Waals surface area contributed by atoms with Crippen LogP contribution in [0.3, 0.4) is 0 Å². The number of rotatable bonds is 2. The standard InChI is InChI=1S/C7H3Br2F2NO/c8-4-1-3(7(10)11)6(9)12-5(4)2-13/h1-2,7H. The summed E-state index contributed by atoms with van der Waals surface area (Å²) in [5.41, 5.74) is -0.145. The molecule has 0 fully saturated rings. The van der Waals surface area contributed by atoms with Gasteiger partial charge in [0.1, 0.15) is 10.3 Å². The molecule has 0 bridgehead atoms. The Balaban J connectivity index is 3.28. The van der Waals surface area contributed by atoms with Crippen molar-refractivity contribution in [2.45, 2.75) is 6.43 Å². The fourth-order valence-electron chi connectivity index (χ4n) is 0.729. The lowest BCUT2D eigenvalue weighted by Gasteiger charge is -2.04. The van der Waals surface area contributed by atoms with Gasteiger partial charge in [0.2, 0.25) is 0 Å². The van der Waals surface area contributed by atoms with Crippen molar-refractivity contribution in [3.8, 4) is 0 Å². The molecule has 6 heteroatoms. The second kappa shape index (κ2) is 4.23. The quantitative estimate of drug-likeness (QED) is 0.619. The minimum atomic E-state index is -2.61. The smallest absolute Gasteiger partial charge is 0.266 e. The third-order valence-electron chi connectivity index (χ3n) is 1.33. The van der Waals surface area contributed by atoms with Gasteiger partial charge >= 0.3 is 0 Å². The number of halogens is 4. The number of aromatic nitrogens is 1. The van der Waals surface area contributed by atoms with Crippen molar-refractivity contribution >= 4 is 38.1 Å². The number of alkyl halides is 2. The molecule has 0 aromatic carbocycles. The third kappa shape index (κ3) is 2.31. The average Bonchev–Trinajstić information content (AvgIpc) is 2.07. The van der Waals surface area contributed by atoms with Gasteiger partial charge in [-0.05, 0) is 37.9 Å². The van der Waals surface area contributed by atoms with Gasteiger partial charge in [-0.1, -0.05) is 0 Å². The molecule has 0 aliphatic carbocycles. The number of hydrogen-bond acceptors (Lipinski definition) is 2. The average molecular weight is 315 g/mol. The number of carbonyl (C=O) groups excluding carboxylic acids is 1. The van der Waals surface area contributed by atoms with Crippen LogP contribution in [0.25, 0.3) is 0 Å². The molecule has 70 valence electrons. The van der Waals surface area contributed by atoms with Crippen LogP contribution in [0.1, 0.15) is 22.5 Å². The zero-order chi connectivity index (χ0) is 10.0. The number of pyridine rings is 1. The van der Waals surface area contributed by atoms with Crippen LogP contribution in [0, 0.1) is 0 Å². The highest BCUT2D eigenvalue weighted by molar-refractivity contribution is 9.11. The minimum Gasteiger partial charge on any atom is -0.296 e. The first-order chi connectivity index (χ1) is 6.06. The van der Waals surface area contributed by atoms with Gasteiger partial charge in [-0.2, -0.15) is 0 Å². The van der Waals surface area contributed by atoms with E-state index < -0.39 is 6.43 Å². The van der Waals surface area contributed by atoms with Crippen LogP contribution < -0.4 is 0 Å². The lowest BCUT2D eigenvalue weighted by Crippen LogP contribution is -1.95. The number of carbonyl (C=O) groups is 1. The lowest BCUT2D eigenvalue weighted by molar-refractivity contribution is 0.111. The molecule has 0 saturated carbocycles. The highest BCUT2D eigenvalue weighted by Crippen LogP contribution is 2.29. The van der Waals surface area contributed by atoms with E-state index in [1.54, 1.807) is 0 Å². The molecular weight excluding hydrogens is 312 g/mol. The molecule has 0 N–H and O–H groups in total. The Morgan fingerprint density at radius 3 is 2.54 bits per heavy atom. The molecule has 0 amide bonds. The Hall–Kier alpha value is -0.360. The van der Waals surface area contributed by atoms with Gasteiger partial charge in [-0.3, -0.25) is 4.79 Å². The van der Waals surface area contributed by atoms with E-state index in [9.17, 15) is 13.6 Å². The maximum atomic E-state index is 12.3. The van der Waals surface area contributed by atoms with E-state index in [4.69, 9.17) is 0 Å². The molecule has 0 radical (unpaired) electrons. The molecule has 1 aromatic heterocycles. The van der Waals surface area contributed by atoms with Crippen LogP contribution in [0.15, 0.2) is 15.1 Å². The van der Waals surface area contributed by atoms with Crippen molar-refractivity contribution in [1.29, 1.82) is 0 Å². The highest BCUT2D eigenvalue weighted by Gasteiger charge is 2.15. The summed E-state index contributed by atoms with van der Waals surface area (Å²) in [5, 5.41) is 0. The summed E-state index contributed by atoms with van der Waals surface area (Å²) in [7, 11) is 0. The van der Waals surface area contributed by atoms with Gasteiger partial charge in [0.25, 0.3) is 6.43 Å². The summed E-state index contributed by atoms with van der Waals surface area (Å²) < 4.78 is 24.8. The van der Waals surface area contributed by atoms with Gasteiger partial charge in [-0.25, -0.2) is 13.8 Å². The topological polar surface area (TPSA) is 30.0 Å². The Bertz CT molecular complexity index is 344. The van der Waals surface area contributed by atoms with Crippen LogP contribution in [-0.2, 0) is 0 Å². The molecule has 0 saturated heterocycles. The molecular formula is C7H3Br2F2NO. The molecule has 0 aliphatic rings. The molecule has 2 nitrogen and oxygen atoms in total. The first-order valence-electron chi connectivity index (χ1n) is 3.15. The summed E-state index contributed by atoms with van der Waals surface area (Å²) >= 11 is 5.81. The Kier molecular flexibility index (Phi) is 3.49. The SMILES string of the molecule is O=Cc1nc(Br)c(C(F)F)cc1Br. The van der Waals surface area contributed by atoms with E-state index in [-0.39, 0.29) is 20.3 Å². The highest BCUT2D eigenvalue weighted by atomic mass is 79.9. The maximum absolute atomic E-state index is 12.3. The van der Waals surface area contributed by atoms with Crippen molar-refractivity contribution in [2.24, 2.45) is 0 Å². The third-order valence-corrected chi connectivity index (χ3v) is 2.60. The van der Waals surface area contributed by atoms with Crippen LogP contribution in [0.4, 0.5) is 8.78 Å². The van der Waals surface area contributed by atoms with Crippen molar-refractivity contribution < 1.29 is 13.6 Å². The number of nitrogens with zero attached hydrogens (tertiary/aromatic N) is 1. The fraction of sp³-hybridized carbons (Fsp3) is 0.143. The van der Waals surface area contributed by atoms with Crippen molar-refractivity contribution in [1.82, 2.24) is 4.98 Å². The van der Waals surface area contributed by atoms with Crippen molar-refractivity contribution in [2.75, 3.05) is 0 Å². The summed E-state index contributed by atoms with van der Waals surface area (Å²) in [6, 6.07) is 1.17. The number of aldehydes is 1.